The molecule has 3 aromatic carbocycles. The van der Waals surface area contributed by atoms with Crippen LogP contribution in [0, 0.1) is 0 Å². The van der Waals surface area contributed by atoms with E-state index in [2.05, 4.69) is 23.5 Å². The van der Waals surface area contributed by atoms with Crippen molar-refractivity contribution in [2.24, 2.45) is 0 Å². The number of nitrogens with one attached hydrogen (secondary N) is 1. The van der Waals surface area contributed by atoms with Crippen molar-refractivity contribution in [2.45, 2.75) is 37.2 Å². The van der Waals surface area contributed by atoms with E-state index in [4.69, 9.17) is 11.6 Å². The molecule has 168 valence electrons. The van der Waals surface area contributed by atoms with Crippen molar-refractivity contribution in [2.75, 3.05) is 5.75 Å². The summed E-state index contributed by atoms with van der Waals surface area (Å²) in [6, 6.07) is 23.7. The van der Waals surface area contributed by atoms with E-state index in [1.165, 1.54) is 11.1 Å². The summed E-state index contributed by atoms with van der Waals surface area (Å²) in [6.07, 6.45) is 3.11. The van der Waals surface area contributed by atoms with Crippen LogP contribution in [0.1, 0.15) is 56.9 Å². The van der Waals surface area contributed by atoms with E-state index < -0.39 is 0 Å². The molecule has 5 rings (SSSR count). The molecule has 1 aliphatic heterocycles. The number of carbonyl (C=O) groups excluding carboxylic acids is 2. The van der Waals surface area contributed by atoms with E-state index in [1.807, 2.05) is 59.5 Å². The number of benzene rings is 3. The van der Waals surface area contributed by atoms with Gasteiger partial charge in [0, 0.05) is 17.1 Å². The van der Waals surface area contributed by atoms with Gasteiger partial charge in [0.2, 0.25) is 5.91 Å². The van der Waals surface area contributed by atoms with Crippen LogP contribution in [0.25, 0.3) is 0 Å². The lowest BCUT2D eigenvalue weighted by atomic mass is 9.87. The minimum absolute atomic E-state index is 0.0556. The van der Waals surface area contributed by atoms with Crippen LogP contribution in [0.4, 0.5) is 0 Å². The normalized spacial score (nSPS) is 19.9. The fourth-order valence-corrected chi connectivity index (χ4v) is 5.95. The summed E-state index contributed by atoms with van der Waals surface area (Å²) in [5.74, 6) is 0.524. The lowest BCUT2D eigenvalue weighted by Gasteiger charge is -2.26. The van der Waals surface area contributed by atoms with Crippen molar-refractivity contribution in [3.63, 3.8) is 0 Å². The van der Waals surface area contributed by atoms with Gasteiger partial charge in [-0.3, -0.25) is 9.59 Å². The second kappa shape index (κ2) is 9.62. The number of halogens is 1. The average Bonchev–Trinajstić information content (AvgIpc) is 3.21. The Labute approximate surface area is 203 Å². The molecule has 0 spiro atoms. The minimum Gasteiger partial charge on any atom is -0.345 e. The second-order valence-corrected chi connectivity index (χ2v) is 10.1. The van der Waals surface area contributed by atoms with Gasteiger partial charge in [0.25, 0.3) is 5.91 Å². The van der Waals surface area contributed by atoms with Gasteiger partial charge >= 0.3 is 0 Å². The summed E-state index contributed by atoms with van der Waals surface area (Å²) in [5.41, 5.74) is 5.27. The highest BCUT2D eigenvalue weighted by Gasteiger charge is 2.33. The van der Waals surface area contributed by atoms with Gasteiger partial charge in [0.1, 0.15) is 5.37 Å². The smallest absolute Gasteiger partial charge is 0.251 e. The van der Waals surface area contributed by atoms with Crippen LogP contribution >= 0.6 is 23.4 Å². The Morgan fingerprint density at radius 2 is 1.79 bits per heavy atom. The first-order valence-corrected chi connectivity index (χ1v) is 12.7. The molecule has 33 heavy (non-hydrogen) atoms. The Kier molecular flexibility index (Phi) is 6.43. The fraction of sp³-hybridized carbons (Fsp3) is 0.259. The number of carbonyl (C=O) groups is 2. The molecular weight excluding hydrogens is 452 g/mol. The SMILES string of the molecule is O=C(N[C@@H]1CCCc2ccccc21)c1ccc([C@@H]2SCC(=O)N2Cc2ccc(Cl)cc2)cc1. The number of rotatable bonds is 5. The predicted octanol–water partition coefficient (Wildman–Crippen LogP) is 5.92. The number of fused-ring (bicyclic) bond motifs is 1. The van der Waals surface area contributed by atoms with Crippen LogP contribution in [-0.2, 0) is 17.8 Å². The van der Waals surface area contributed by atoms with Gasteiger partial charge in [-0.1, -0.05) is 60.1 Å². The van der Waals surface area contributed by atoms with Crippen LogP contribution in [0.3, 0.4) is 0 Å². The average molecular weight is 477 g/mol. The zero-order chi connectivity index (χ0) is 22.8. The first-order chi connectivity index (χ1) is 16.1. The highest BCUT2D eigenvalue weighted by Crippen LogP contribution is 2.39. The highest BCUT2D eigenvalue weighted by molar-refractivity contribution is 8.00. The van der Waals surface area contributed by atoms with Gasteiger partial charge in [0.05, 0.1) is 11.8 Å². The Morgan fingerprint density at radius 3 is 2.58 bits per heavy atom. The van der Waals surface area contributed by atoms with Crippen molar-refractivity contribution >= 4 is 35.2 Å². The second-order valence-electron chi connectivity index (χ2n) is 8.55. The molecule has 1 heterocycles. The van der Waals surface area contributed by atoms with Gasteiger partial charge in [-0.05, 0) is 65.8 Å². The number of hydrogen-bond acceptors (Lipinski definition) is 3. The summed E-state index contributed by atoms with van der Waals surface area (Å²) in [6.45, 7) is 0.539. The molecule has 2 atom stereocenters. The molecule has 2 aliphatic rings. The van der Waals surface area contributed by atoms with E-state index in [0.717, 1.165) is 30.4 Å². The maximum absolute atomic E-state index is 12.9. The van der Waals surface area contributed by atoms with Crippen LogP contribution in [-0.4, -0.2) is 22.5 Å². The maximum Gasteiger partial charge on any atom is 0.251 e. The Morgan fingerprint density at radius 1 is 1.03 bits per heavy atom. The zero-order valence-corrected chi connectivity index (χ0v) is 19.7. The summed E-state index contributed by atoms with van der Waals surface area (Å²) in [5, 5.41) is 3.84. The molecule has 3 aromatic rings. The van der Waals surface area contributed by atoms with Gasteiger partial charge < -0.3 is 10.2 Å². The van der Waals surface area contributed by atoms with E-state index in [1.54, 1.807) is 11.8 Å². The Hall–Kier alpha value is -2.76. The molecule has 1 N–H and O–H groups in total. The van der Waals surface area contributed by atoms with Gasteiger partial charge in [0.15, 0.2) is 0 Å². The van der Waals surface area contributed by atoms with Crippen molar-refractivity contribution in [1.82, 2.24) is 10.2 Å². The third-order valence-corrected chi connectivity index (χ3v) is 7.88. The quantitative estimate of drug-likeness (QED) is 0.497. The van der Waals surface area contributed by atoms with Gasteiger partial charge in [-0.15, -0.1) is 11.8 Å². The van der Waals surface area contributed by atoms with Crippen LogP contribution < -0.4 is 5.32 Å². The molecule has 0 radical (unpaired) electrons. The molecule has 0 aromatic heterocycles. The van der Waals surface area contributed by atoms with E-state index in [9.17, 15) is 9.59 Å². The molecule has 6 heteroatoms. The number of thioether (sulfide) groups is 1. The molecular formula is C27H25ClN2O2S. The molecule has 1 fully saturated rings. The summed E-state index contributed by atoms with van der Waals surface area (Å²) in [7, 11) is 0. The first-order valence-electron chi connectivity index (χ1n) is 11.2. The lowest BCUT2D eigenvalue weighted by Crippen LogP contribution is -2.31. The van der Waals surface area contributed by atoms with Crippen molar-refractivity contribution in [3.8, 4) is 0 Å². The number of aryl methyl sites for hydroxylation is 1. The third kappa shape index (κ3) is 4.80. The van der Waals surface area contributed by atoms with E-state index in [0.29, 0.717) is 22.9 Å². The number of nitrogens with zero attached hydrogens (tertiary/aromatic N) is 1. The molecule has 0 bridgehead atoms. The number of hydrogen-bond donors (Lipinski definition) is 1. The topological polar surface area (TPSA) is 49.4 Å². The fourth-order valence-electron chi connectivity index (χ4n) is 4.63. The van der Waals surface area contributed by atoms with Crippen molar-refractivity contribution in [1.29, 1.82) is 0 Å². The summed E-state index contributed by atoms with van der Waals surface area (Å²) in [4.78, 5) is 27.4. The minimum atomic E-state index is -0.0597. The molecule has 2 amide bonds. The third-order valence-electron chi connectivity index (χ3n) is 6.37. The summed E-state index contributed by atoms with van der Waals surface area (Å²) < 4.78 is 0. The largest absolute Gasteiger partial charge is 0.345 e. The maximum atomic E-state index is 12.9. The van der Waals surface area contributed by atoms with E-state index >= 15 is 0 Å². The Bertz CT molecular complexity index is 1160. The molecule has 1 aliphatic carbocycles. The molecule has 0 saturated carbocycles. The van der Waals surface area contributed by atoms with Crippen LogP contribution in [0.5, 0.6) is 0 Å². The zero-order valence-electron chi connectivity index (χ0n) is 18.2. The molecule has 0 unspecified atom stereocenters. The molecule has 1 saturated heterocycles. The highest BCUT2D eigenvalue weighted by atomic mass is 35.5. The Balaban J connectivity index is 1.28. The van der Waals surface area contributed by atoms with E-state index in [-0.39, 0.29) is 23.2 Å². The van der Waals surface area contributed by atoms with Crippen molar-refractivity contribution in [3.05, 3.63) is 106 Å². The van der Waals surface area contributed by atoms with Gasteiger partial charge in [-0.2, -0.15) is 0 Å². The predicted molar refractivity (Wildman–Crippen MR) is 133 cm³/mol. The molecule has 4 nitrogen and oxygen atoms in total. The number of amides is 2. The monoisotopic (exact) mass is 476 g/mol. The first kappa shape index (κ1) is 22.1. The van der Waals surface area contributed by atoms with Gasteiger partial charge in [-0.25, -0.2) is 0 Å². The van der Waals surface area contributed by atoms with Crippen LogP contribution in [0.2, 0.25) is 5.02 Å². The lowest BCUT2D eigenvalue weighted by molar-refractivity contribution is -0.128. The van der Waals surface area contributed by atoms with Crippen LogP contribution in [0.15, 0.2) is 72.8 Å². The standard InChI is InChI=1S/C27H25ClN2O2S/c28-22-14-8-18(9-15-22)16-30-25(31)17-33-27(30)21-12-10-20(11-13-21)26(32)29-24-7-3-5-19-4-1-2-6-23(19)24/h1-2,4,6,8-15,24,27H,3,5,7,16-17H2,(H,29,32)/t24-,27+/m1/s1. The van der Waals surface area contributed by atoms with Crippen molar-refractivity contribution < 1.29 is 9.59 Å². The summed E-state index contributed by atoms with van der Waals surface area (Å²) >= 11 is 7.61.